The van der Waals surface area contributed by atoms with Crippen LogP contribution in [0.5, 0.6) is 0 Å². The van der Waals surface area contributed by atoms with Gasteiger partial charge in [0.05, 0.1) is 6.04 Å². The van der Waals surface area contributed by atoms with Crippen LogP contribution in [0.3, 0.4) is 0 Å². The van der Waals surface area contributed by atoms with E-state index >= 15 is 0 Å². The van der Waals surface area contributed by atoms with E-state index in [-0.39, 0.29) is 6.04 Å². The average molecular weight is 369 g/mol. The maximum atomic E-state index is 6.39. The van der Waals surface area contributed by atoms with Gasteiger partial charge >= 0.3 is 0 Å². The fraction of sp³-hybridized carbons (Fsp3) is 0.200. The van der Waals surface area contributed by atoms with Crippen LogP contribution in [0.1, 0.15) is 28.3 Å². The van der Waals surface area contributed by atoms with Gasteiger partial charge in [0.2, 0.25) is 0 Å². The van der Waals surface area contributed by atoms with Crippen LogP contribution in [0.25, 0.3) is 0 Å². The maximum Gasteiger partial charge on any atom is 0.0565 e. The molecule has 2 aromatic rings. The van der Waals surface area contributed by atoms with Crippen molar-refractivity contribution < 1.29 is 0 Å². The molecule has 2 rings (SSSR count). The highest BCUT2D eigenvalue weighted by Gasteiger charge is 2.14. The predicted molar refractivity (Wildman–Crippen MR) is 83.8 cm³/mol. The lowest BCUT2D eigenvalue weighted by Crippen LogP contribution is -2.14. The van der Waals surface area contributed by atoms with Gasteiger partial charge in [-0.2, -0.15) is 0 Å². The van der Waals surface area contributed by atoms with Crippen LogP contribution in [-0.2, 0) is 0 Å². The molecule has 1 unspecified atom stereocenters. The second-order valence-corrected chi connectivity index (χ2v) is 6.27. The molecule has 0 aromatic heterocycles. The molecule has 18 heavy (non-hydrogen) atoms. The molecule has 0 saturated carbocycles. The van der Waals surface area contributed by atoms with Gasteiger partial charge < -0.3 is 5.73 Å². The smallest absolute Gasteiger partial charge is 0.0565 e. The van der Waals surface area contributed by atoms with E-state index in [9.17, 15) is 0 Å². The Morgan fingerprint density at radius 2 is 1.67 bits per heavy atom. The molecule has 2 N–H and O–H groups in total. The van der Waals surface area contributed by atoms with Crippen molar-refractivity contribution in [3.63, 3.8) is 0 Å². The van der Waals surface area contributed by atoms with Gasteiger partial charge in [-0.1, -0.05) is 55.6 Å². The summed E-state index contributed by atoms with van der Waals surface area (Å²) in [4.78, 5) is 0. The van der Waals surface area contributed by atoms with Gasteiger partial charge in [-0.05, 0) is 48.7 Å². The molecule has 0 spiro atoms. The number of benzene rings is 2. The highest BCUT2D eigenvalue weighted by Crippen LogP contribution is 2.31. The zero-order valence-corrected chi connectivity index (χ0v) is 13.5. The van der Waals surface area contributed by atoms with Crippen LogP contribution in [0.2, 0.25) is 0 Å². The third-order valence-electron chi connectivity index (χ3n) is 3.05. The van der Waals surface area contributed by atoms with E-state index in [1.165, 1.54) is 16.7 Å². The predicted octanol–water partition coefficient (Wildman–Crippen LogP) is 4.88. The topological polar surface area (TPSA) is 26.0 Å². The second-order valence-electron chi connectivity index (χ2n) is 4.50. The lowest BCUT2D eigenvalue weighted by atomic mass is 9.95. The Kier molecular flexibility index (Phi) is 4.25. The zero-order valence-electron chi connectivity index (χ0n) is 10.4. The molecule has 0 radical (unpaired) electrons. The first-order valence-corrected chi connectivity index (χ1v) is 7.35. The minimum absolute atomic E-state index is 0.113. The first kappa shape index (κ1) is 13.8. The van der Waals surface area contributed by atoms with Crippen molar-refractivity contribution in [3.05, 3.63) is 67.6 Å². The van der Waals surface area contributed by atoms with Gasteiger partial charge in [0, 0.05) is 8.95 Å². The van der Waals surface area contributed by atoms with Gasteiger partial charge in [-0.25, -0.2) is 0 Å². The number of aryl methyl sites for hydroxylation is 2. The normalized spacial score (nSPS) is 12.5. The van der Waals surface area contributed by atoms with Crippen molar-refractivity contribution in [2.75, 3.05) is 0 Å². The molecule has 94 valence electrons. The largest absolute Gasteiger partial charge is 0.320 e. The quantitative estimate of drug-likeness (QED) is 0.803. The molecule has 3 heteroatoms. The van der Waals surface area contributed by atoms with Gasteiger partial charge in [-0.15, -0.1) is 0 Å². The van der Waals surface area contributed by atoms with Crippen LogP contribution < -0.4 is 5.73 Å². The number of rotatable bonds is 2. The maximum absolute atomic E-state index is 6.39. The Hall–Kier alpha value is -0.640. The Balaban J connectivity index is 2.47. The van der Waals surface area contributed by atoms with Crippen LogP contribution in [0.15, 0.2) is 45.3 Å². The molecule has 0 aliphatic carbocycles. The van der Waals surface area contributed by atoms with Gasteiger partial charge in [0.15, 0.2) is 0 Å². The van der Waals surface area contributed by atoms with E-state index in [0.29, 0.717) is 0 Å². The second kappa shape index (κ2) is 5.55. The first-order valence-electron chi connectivity index (χ1n) is 5.76. The SMILES string of the molecule is Cc1ccc(C(N)c2cc(Br)ccc2Br)c(C)c1. The Bertz CT molecular complexity index is 579. The van der Waals surface area contributed by atoms with Crippen LogP contribution in [-0.4, -0.2) is 0 Å². The van der Waals surface area contributed by atoms with Crippen molar-refractivity contribution in [3.8, 4) is 0 Å². The fourth-order valence-corrected chi connectivity index (χ4v) is 2.97. The number of nitrogens with two attached hydrogens (primary N) is 1. The van der Waals surface area contributed by atoms with E-state index < -0.39 is 0 Å². The molecule has 0 amide bonds. The van der Waals surface area contributed by atoms with Gasteiger partial charge in [-0.3, -0.25) is 0 Å². The number of hydrogen-bond donors (Lipinski definition) is 1. The minimum Gasteiger partial charge on any atom is -0.320 e. The Labute approximate surface area is 125 Å². The van der Waals surface area contributed by atoms with Crippen molar-refractivity contribution >= 4 is 31.9 Å². The molecule has 0 saturated heterocycles. The molecular weight excluding hydrogens is 354 g/mol. The molecular formula is C15H15Br2N. The minimum atomic E-state index is -0.113. The lowest BCUT2D eigenvalue weighted by Gasteiger charge is -2.17. The molecule has 2 aromatic carbocycles. The summed E-state index contributed by atoms with van der Waals surface area (Å²) in [5.74, 6) is 0. The van der Waals surface area contributed by atoms with E-state index in [2.05, 4.69) is 70.0 Å². The van der Waals surface area contributed by atoms with Crippen molar-refractivity contribution in [2.24, 2.45) is 5.73 Å². The van der Waals surface area contributed by atoms with E-state index in [4.69, 9.17) is 5.73 Å². The zero-order chi connectivity index (χ0) is 13.3. The molecule has 0 heterocycles. The molecule has 1 atom stereocenters. The number of hydrogen-bond acceptors (Lipinski definition) is 1. The monoisotopic (exact) mass is 367 g/mol. The third kappa shape index (κ3) is 2.85. The lowest BCUT2D eigenvalue weighted by molar-refractivity contribution is 0.854. The van der Waals surface area contributed by atoms with E-state index in [1.54, 1.807) is 0 Å². The van der Waals surface area contributed by atoms with Crippen molar-refractivity contribution in [1.82, 2.24) is 0 Å². The van der Waals surface area contributed by atoms with Crippen LogP contribution in [0.4, 0.5) is 0 Å². The van der Waals surface area contributed by atoms with E-state index in [1.807, 2.05) is 12.1 Å². The third-order valence-corrected chi connectivity index (χ3v) is 4.27. The molecule has 1 nitrogen and oxygen atoms in total. The van der Waals surface area contributed by atoms with Gasteiger partial charge in [0.25, 0.3) is 0 Å². The first-order chi connectivity index (χ1) is 8.49. The summed E-state index contributed by atoms with van der Waals surface area (Å²) < 4.78 is 2.08. The van der Waals surface area contributed by atoms with Crippen molar-refractivity contribution in [1.29, 1.82) is 0 Å². The summed E-state index contributed by atoms with van der Waals surface area (Å²) in [6.07, 6.45) is 0. The average Bonchev–Trinajstić information content (AvgIpc) is 2.31. The number of halogens is 2. The summed E-state index contributed by atoms with van der Waals surface area (Å²) in [5, 5.41) is 0. The van der Waals surface area contributed by atoms with Crippen LogP contribution in [0, 0.1) is 13.8 Å². The molecule has 0 bridgehead atoms. The van der Waals surface area contributed by atoms with Crippen molar-refractivity contribution in [2.45, 2.75) is 19.9 Å². The highest BCUT2D eigenvalue weighted by atomic mass is 79.9. The molecule has 0 aliphatic rings. The summed E-state index contributed by atoms with van der Waals surface area (Å²) in [7, 11) is 0. The fourth-order valence-electron chi connectivity index (χ4n) is 2.10. The van der Waals surface area contributed by atoms with Gasteiger partial charge in [0.1, 0.15) is 0 Å². The Morgan fingerprint density at radius 1 is 0.944 bits per heavy atom. The molecule has 0 aliphatic heterocycles. The summed E-state index contributed by atoms with van der Waals surface area (Å²) in [6.45, 7) is 4.20. The summed E-state index contributed by atoms with van der Waals surface area (Å²) in [5.41, 5.74) is 11.1. The van der Waals surface area contributed by atoms with Crippen LogP contribution >= 0.6 is 31.9 Å². The van der Waals surface area contributed by atoms with E-state index in [0.717, 1.165) is 14.5 Å². The summed E-state index contributed by atoms with van der Waals surface area (Å²) in [6, 6.07) is 12.4. The molecule has 0 fully saturated rings. The standard InChI is InChI=1S/C15H15Br2N/c1-9-3-5-12(10(2)7-9)15(18)13-8-11(16)4-6-14(13)17/h3-8,15H,18H2,1-2H3. The highest BCUT2D eigenvalue weighted by molar-refractivity contribution is 9.11. The summed E-state index contributed by atoms with van der Waals surface area (Å²) >= 11 is 7.06. The Morgan fingerprint density at radius 3 is 2.33 bits per heavy atom.